The maximum Gasteiger partial charge on any atom is 0.123 e. The van der Waals surface area contributed by atoms with Gasteiger partial charge in [0.15, 0.2) is 0 Å². The van der Waals surface area contributed by atoms with E-state index in [1.54, 1.807) is 6.07 Å². The number of hydrogen-bond donors (Lipinski definition) is 1. The van der Waals surface area contributed by atoms with Gasteiger partial charge in [0, 0.05) is 15.4 Å². The third-order valence-corrected chi connectivity index (χ3v) is 2.25. The van der Waals surface area contributed by atoms with Gasteiger partial charge >= 0.3 is 0 Å². The first-order valence-electron chi connectivity index (χ1n) is 3.45. The molecule has 1 N–H and O–H groups in total. The Hall–Kier alpha value is -0.280. The summed E-state index contributed by atoms with van der Waals surface area (Å²) in [5, 5.41) is 10.2. The molecule has 0 aliphatic carbocycles. The van der Waals surface area contributed by atoms with E-state index >= 15 is 0 Å². The standard InChI is InChI=1S/C9H8Br2O/c10-5-1-2-7-3-4-8(11)6-9(7)12/h1-4,6,12H,5H2. The molecule has 0 bridgehead atoms. The van der Waals surface area contributed by atoms with Gasteiger partial charge in [0.05, 0.1) is 0 Å². The van der Waals surface area contributed by atoms with Gasteiger partial charge in [0.2, 0.25) is 0 Å². The average Bonchev–Trinajstić information content (AvgIpc) is 2.03. The monoisotopic (exact) mass is 290 g/mol. The fourth-order valence-electron chi connectivity index (χ4n) is 0.829. The van der Waals surface area contributed by atoms with Crippen LogP contribution in [0, 0.1) is 0 Å². The molecule has 0 atom stereocenters. The number of allylic oxidation sites excluding steroid dienone is 1. The minimum absolute atomic E-state index is 0.293. The van der Waals surface area contributed by atoms with E-state index in [1.807, 2.05) is 24.3 Å². The Bertz CT molecular complexity index is 295. The Morgan fingerprint density at radius 3 is 2.75 bits per heavy atom. The van der Waals surface area contributed by atoms with E-state index < -0.39 is 0 Å². The molecule has 0 saturated carbocycles. The topological polar surface area (TPSA) is 20.2 Å². The Morgan fingerprint density at radius 2 is 2.17 bits per heavy atom. The summed E-state index contributed by atoms with van der Waals surface area (Å²) in [5.74, 6) is 0.293. The first kappa shape index (κ1) is 9.81. The highest BCUT2D eigenvalue weighted by Crippen LogP contribution is 2.23. The van der Waals surface area contributed by atoms with Crippen LogP contribution in [0.1, 0.15) is 5.56 Å². The molecule has 12 heavy (non-hydrogen) atoms. The van der Waals surface area contributed by atoms with Crippen molar-refractivity contribution in [3.8, 4) is 5.75 Å². The van der Waals surface area contributed by atoms with Crippen LogP contribution in [0.25, 0.3) is 6.08 Å². The molecule has 0 spiro atoms. The van der Waals surface area contributed by atoms with Crippen LogP contribution in [0.5, 0.6) is 5.75 Å². The van der Waals surface area contributed by atoms with Crippen molar-refractivity contribution >= 4 is 37.9 Å². The first-order chi connectivity index (χ1) is 5.74. The predicted molar refractivity (Wildman–Crippen MR) is 58.6 cm³/mol. The van der Waals surface area contributed by atoms with Gasteiger partial charge in [-0.05, 0) is 12.1 Å². The summed E-state index contributed by atoms with van der Waals surface area (Å²) in [6.45, 7) is 0. The van der Waals surface area contributed by atoms with Crippen molar-refractivity contribution in [1.82, 2.24) is 0 Å². The number of aromatic hydroxyl groups is 1. The minimum Gasteiger partial charge on any atom is -0.507 e. The third kappa shape index (κ3) is 2.64. The van der Waals surface area contributed by atoms with Crippen LogP contribution in [-0.2, 0) is 0 Å². The molecular weight excluding hydrogens is 284 g/mol. The number of hydrogen-bond acceptors (Lipinski definition) is 1. The molecule has 1 nitrogen and oxygen atoms in total. The van der Waals surface area contributed by atoms with Crippen molar-refractivity contribution in [2.45, 2.75) is 0 Å². The molecule has 0 saturated heterocycles. The van der Waals surface area contributed by atoms with E-state index in [9.17, 15) is 5.11 Å². The maximum absolute atomic E-state index is 9.42. The molecule has 0 aliphatic heterocycles. The highest BCUT2D eigenvalue weighted by molar-refractivity contribution is 9.10. The first-order valence-corrected chi connectivity index (χ1v) is 5.36. The molecule has 64 valence electrons. The lowest BCUT2D eigenvalue weighted by atomic mass is 10.2. The Morgan fingerprint density at radius 1 is 1.42 bits per heavy atom. The van der Waals surface area contributed by atoms with Crippen LogP contribution in [-0.4, -0.2) is 10.4 Å². The van der Waals surface area contributed by atoms with E-state index in [1.165, 1.54) is 0 Å². The van der Waals surface area contributed by atoms with E-state index in [-0.39, 0.29) is 0 Å². The lowest BCUT2D eigenvalue weighted by molar-refractivity contribution is 0.473. The van der Waals surface area contributed by atoms with Crippen molar-refractivity contribution in [2.75, 3.05) is 5.33 Å². The molecule has 0 heterocycles. The van der Waals surface area contributed by atoms with Crippen molar-refractivity contribution < 1.29 is 5.11 Å². The molecule has 0 aromatic heterocycles. The zero-order valence-corrected chi connectivity index (χ0v) is 9.47. The molecule has 0 unspecified atom stereocenters. The van der Waals surface area contributed by atoms with Gasteiger partial charge in [-0.3, -0.25) is 0 Å². The van der Waals surface area contributed by atoms with E-state index in [0.29, 0.717) is 5.75 Å². The highest BCUT2D eigenvalue weighted by atomic mass is 79.9. The number of phenols is 1. The lowest BCUT2D eigenvalue weighted by Gasteiger charge is -1.98. The van der Waals surface area contributed by atoms with E-state index in [2.05, 4.69) is 31.9 Å². The molecule has 1 aromatic carbocycles. The Balaban J connectivity index is 2.94. The summed E-state index contributed by atoms with van der Waals surface area (Å²) < 4.78 is 0.885. The largest absolute Gasteiger partial charge is 0.507 e. The number of phenolic OH excluding ortho intramolecular Hbond substituents is 1. The summed E-state index contributed by atoms with van der Waals surface area (Å²) >= 11 is 6.54. The van der Waals surface area contributed by atoms with Crippen molar-refractivity contribution in [3.63, 3.8) is 0 Å². The van der Waals surface area contributed by atoms with Crippen molar-refractivity contribution in [3.05, 3.63) is 34.3 Å². The number of benzene rings is 1. The number of rotatable bonds is 2. The fourth-order valence-corrected chi connectivity index (χ4v) is 1.37. The molecule has 0 aliphatic rings. The summed E-state index contributed by atoms with van der Waals surface area (Å²) in [6.07, 6.45) is 3.81. The quantitative estimate of drug-likeness (QED) is 0.826. The number of halogens is 2. The predicted octanol–water partition coefficient (Wildman–Crippen LogP) is 3.56. The average molecular weight is 292 g/mol. The molecule has 0 radical (unpaired) electrons. The summed E-state index contributed by atoms with van der Waals surface area (Å²) in [5.41, 5.74) is 0.831. The third-order valence-electron chi connectivity index (χ3n) is 1.38. The van der Waals surface area contributed by atoms with Crippen molar-refractivity contribution in [1.29, 1.82) is 0 Å². The van der Waals surface area contributed by atoms with Gasteiger partial charge in [0.25, 0.3) is 0 Å². The summed E-state index contributed by atoms with van der Waals surface area (Å²) in [6, 6.07) is 5.43. The molecule has 3 heteroatoms. The van der Waals surface area contributed by atoms with E-state index in [4.69, 9.17) is 0 Å². The van der Waals surface area contributed by atoms with Gasteiger partial charge in [0.1, 0.15) is 5.75 Å². The van der Waals surface area contributed by atoms with Crippen molar-refractivity contribution in [2.24, 2.45) is 0 Å². The molecule has 1 rings (SSSR count). The summed E-state index contributed by atoms with van der Waals surface area (Å²) in [4.78, 5) is 0. The zero-order valence-electron chi connectivity index (χ0n) is 6.30. The maximum atomic E-state index is 9.42. The highest BCUT2D eigenvalue weighted by Gasteiger charge is 1.96. The van der Waals surface area contributed by atoms with Crippen LogP contribution in [0.4, 0.5) is 0 Å². The van der Waals surface area contributed by atoms with Crippen LogP contribution in [0.3, 0.4) is 0 Å². The second kappa shape index (κ2) is 4.67. The second-order valence-corrected chi connectivity index (χ2v) is 3.82. The smallest absolute Gasteiger partial charge is 0.123 e. The SMILES string of the molecule is Oc1cc(Br)ccc1C=CCBr. The fraction of sp³-hybridized carbons (Fsp3) is 0.111. The molecular formula is C9H8Br2O. The molecule has 0 amide bonds. The summed E-state index contributed by atoms with van der Waals surface area (Å²) in [7, 11) is 0. The van der Waals surface area contributed by atoms with E-state index in [0.717, 1.165) is 15.4 Å². The van der Waals surface area contributed by atoms with Gasteiger partial charge in [-0.2, -0.15) is 0 Å². The van der Waals surface area contributed by atoms with Crippen LogP contribution in [0.2, 0.25) is 0 Å². The second-order valence-electron chi connectivity index (χ2n) is 2.26. The Kier molecular flexibility index (Phi) is 3.82. The zero-order chi connectivity index (χ0) is 8.97. The van der Waals surface area contributed by atoms with Gasteiger partial charge in [-0.1, -0.05) is 50.1 Å². The molecule has 1 aromatic rings. The Labute approximate surface area is 88.4 Å². The van der Waals surface area contributed by atoms with Crippen LogP contribution < -0.4 is 0 Å². The van der Waals surface area contributed by atoms with Crippen LogP contribution >= 0.6 is 31.9 Å². The van der Waals surface area contributed by atoms with Gasteiger partial charge < -0.3 is 5.11 Å². The molecule has 0 fully saturated rings. The minimum atomic E-state index is 0.293. The van der Waals surface area contributed by atoms with Gasteiger partial charge in [-0.25, -0.2) is 0 Å². The van der Waals surface area contributed by atoms with Crippen LogP contribution in [0.15, 0.2) is 28.7 Å². The lowest BCUT2D eigenvalue weighted by Crippen LogP contribution is -1.74. The normalized spacial score (nSPS) is 10.8. The van der Waals surface area contributed by atoms with Gasteiger partial charge in [-0.15, -0.1) is 0 Å². The number of alkyl halides is 1.